The largest absolute Gasteiger partial charge is 0.441 e. The van der Waals surface area contributed by atoms with Gasteiger partial charge in [0.25, 0.3) is 5.91 Å². The minimum Gasteiger partial charge on any atom is -0.441 e. The maximum Gasteiger partial charge on any atom is 0.266 e. The Morgan fingerprint density at radius 3 is 2.62 bits per heavy atom. The van der Waals surface area contributed by atoms with Gasteiger partial charge in [-0.1, -0.05) is 0 Å². The molecule has 0 spiro atoms. The van der Waals surface area contributed by atoms with Crippen LogP contribution in [0.2, 0.25) is 0 Å². The summed E-state index contributed by atoms with van der Waals surface area (Å²) in [5, 5.41) is 0.555. The zero-order chi connectivity index (χ0) is 18.1. The molecule has 1 amide bonds. The lowest BCUT2D eigenvalue weighted by Gasteiger charge is -2.12. The maximum absolute atomic E-state index is 13.0. The van der Waals surface area contributed by atoms with E-state index in [9.17, 15) is 9.18 Å². The zero-order valence-corrected chi connectivity index (χ0v) is 15.1. The number of anilines is 1. The summed E-state index contributed by atoms with van der Waals surface area (Å²) >= 11 is 1.28. The second-order valence-electron chi connectivity index (χ2n) is 6.22. The molecule has 4 rings (SSSR count). The van der Waals surface area contributed by atoms with Crippen LogP contribution in [0.25, 0.3) is 6.08 Å². The molecular weight excluding hydrogens is 353 g/mol. The van der Waals surface area contributed by atoms with Crippen LogP contribution in [0.1, 0.15) is 18.6 Å². The highest BCUT2D eigenvalue weighted by Gasteiger charge is 2.30. The summed E-state index contributed by atoms with van der Waals surface area (Å²) in [6, 6.07) is 9.68. The molecule has 0 aliphatic carbocycles. The minimum absolute atomic E-state index is 0.130. The Morgan fingerprint density at radius 2 is 1.88 bits per heavy atom. The van der Waals surface area contributed by atoms with Crippen LogP contribution in [0.5, 0.6) is 0 Å². The van der Waals surface area contributed by atoms with Gasteiger partial charge in [-0.05, 0) is 54.9 Å². The Hall–Kier alpha value is -2.54. The van der Waals surface area contributed by atoms with Gasteiger partial charge in [0.2, 0.25) is 0 Å². The molecule has 2 saturated heterocycles. The Bertz CT molecular complexity index is 882. The Balaban J connectivity index is 1.54. The molecule has 26 heavy (non-hydrogen) atoms. The van der Waals surface area contributed by atoms with E-state index in [2.05, 4.69) is 9.89 Å². The van der Waals surface area contributed by atoms with E-state index in [1.807, 2.05) is 12.1 Å². The summed E-state index contributed by atoms with van der Waals surface area (Å²) < 4.78 is 18.9. The third-order valence-corrected chi connectivity index (χ3v) is 5.42. The van der Waals surface area contributed by atoms with Crippen LogP contribution in [0, 0.1) is 5.82 Å². The molecule has 2 aliphatic rings. The molecule has 2 aliphatic heterocycles. The summed E-state index contributed by atoms with van der Waals surface area (Å²) in [6.07, 6.45) is 4.11. The lowest BCUT2D eigenvalue weighted by molar-refractivity contribution is -0.121. The molecule has 5 nitrogen and oxygen atoms in total. The SMILES string of the molecule is CN1C(=O)/C(=C\c2ccc(N3CCCC3)o2)SC1=Nc1ccc(F)cc1. The van der Waals surface area contributed by atoms with Crippen molar-refractivity contribution >= 4 is 40.5 Å². The van der Waals surface area contributed by atoms with Crippen LogP contribution in [0.15, 0.2) is 50.7 Å². The van der Waals surface area contributed by atoms with E-state index in [4.69, 9.17) is 4.42 Å². The number of rotatable bonds is 3. The number of amides is 1. The molecule has 2 fully saturated rings. The Labute approximate surface area is 155 Å². The standard InChI is InChI=1S/C19H18FN3O2S/c1-22-18(24)16(26-19(22)21-14-6-4-13(20)5-7-14)12-15-8-9-17(25-15)23-10-2-3-11-23/h4-9,12H,2-3,10-11H2,1H3/b16-12+,21-19?. The number of hydrogen-bond donors (Lipinski definition) is 0. The summed E-state index contributed by atoms with van der Waals surface area (Å²) in [4.78, 5) is 21.1. The number of likely N-dealkylation sites (N-methyl/N-ethyl adjacent to an activating group) is 1. The van der Waals surface area contributed by atoms with E-state index in [1.54, 1.807) is 25.3 Å². The third kappa shape index (κ3) is 3.39. The molecule has 0 unspecified atom stereocenters. The minimum atomic E-state index is -0.315. The molecule has 1 aromatic heterocycles. The predicted molar refractivity (Wildman–Crippen MR) is 102 cm³/mol. The van der Waals surface area contributed by atoms with Gasteiger partial charge in [-0.3, -0.25) is 9.69 Å². The molecule has 0 radical (unpaired) electrons. The van der Waals surface area contributed by atoms with Crippen molar-refractivity contribution in [3.05, 3.63) is 52.9 Å². The summed E-state index contributed by atoms with van der Waals surface area (Å²) in [6.45, 7) is 2.02. The van der Waals surface area contributed by atoms with Crippen molar-refractivity contribution in [1.82, 2.24) is 4.90 Å². The first kappa shape index (κ1) is 16.9. The summed E-state index contributed by atoms with van der Waals surface area (Å²) in [5.41, 5.74) is 0.601. The van der Waals surface area contributed by atoms with E-state index in [-0.39, 0.29) is 11.7 Å². The van der Waals surface area contributed by atoms with Crippen molar-refractivity contribution in [2.75, 3.05) is 25.0 Å². The fourth-order valence-electron chi connectivity index (χ4n) is 2.93. The number of nitrogens with zero attached hydrogens (tertiary/aromatic N) is 3. The average Bonchev–Trinajstić information content (AvgIpc) is 3.36. The number of halogens is 1. The maximum atomic E-state index is 13.0. The molecule has 3 heterocycles. The van der Waals surface area contributed by atoms with Crippen LogP contribution in [0.3, 0.4) is 0 Å². The topological polar surface area (TPSA) is 49.1 Å². The van der Waals surface area contributed by atoms with Gasteiger partial charge in [0, 0.05) is 32.3 Å². The van der Waals surface area contributed by atoms with Crippen LogP contribution < -0.4 is 4.90 Å². The Kier molecular flexibility index (Phi) is 4.55. The van der Waals surface area contributed by atoms with Crippen molar-refractivity contribution < 1.29 is 13.6 Å². The van der Waals surface area contributed by atoms with E-state index >= 15 is 0 Å². The molecular formula is C19H18FN3O2S. The van der Waals surface area contributed by atoms with Crippen LogP contribution in [0.4, 0.5) is 16.0 Å². The van der Waals surface area contributed by atoms with Crippen LogP contribution in [-0.2, 0) is 4.79 Å². The van der Waals surface area contributed by atoms with Gasteiger partial charge in [0.05, 0.1) is 10.6 Å². The van der Waals surface area contributed by atoms with Gasteiger partial charge in [-0.2, -0.15) is 0 Å². The lowest BCUT2D eigenvalue weighted by Crippen LogP contribution is -2.23. The first-order chi connectivity index (χ1) is 12.6. The molecule has 0 bridgehead atoms. The van der Waals surface area contributed by atoms with Crippen molar-refractivity contribution in [2.24, 2.45) is 4.99 Å². The van der Waals surface area contributed by atoms with E-state index < -0.39 is 0 Å². The molecule has 134 valence electrons. The number of carbonyl (C=O) groups excluding carboxylic acids is 1. The van der Waals surface area contributed by atoms with E-state index in [0.717, 1.165) is 19.0 Å². The number of furan rings is 1. The van der Waals surface area contributed by atoms with Gasteiger partial charge in [0.1, 0.15) is 11.6 Å². The molecule has 2 aromatic rings. The lowest BCUT2D eigenvalue weighted by atomic mass is 10.3. The average molecular weight is 371 g/mol. The van der Waals surface area contributed by atoms with Crippen molar-refractivity contribution in [1.29, 1.82) is 0 Å². The molecule has 0 atom stereocenters. The fraction of sp³-hybridized carbons (Fsp3) is 0.263. The van der Waals surface area contributed by atoms with Gasteiger partial charge >= 0.3 is 0 Å². The first-order valence-corrected chi connectivity index (χ1v) is 9.28. The first-order valence-electron chi connectivity index (χ1n) is 8.47. The van der Waals surface area contributed by atoms with Gasteiger partial charge in [0.15, 0.2) is 11.1 Å². The smallest absolute Gasteiger partial charge is 0.266 e. The monoisotopic (exact) mass is 371 g/mol. The quantitative estimate of drug-likeness (QED) is 0.757. The Morgan fingerprint density at radius 1 is 1.15 bits per heavy atom. The highest BCUT2D eigenvalue weighted by Crippen LogP contribution is 2.34. The van der Waals surface area contributed by atoms with Gasteiger partial charge in [-0.15, -0.1) is 0 Å². The summed E-state index contributed by atoms with van der Waals surface area (Å²) in [5.74, 6) is 1.05. The van der Waals surface area contributed by atoms with Gasteiger partial charge in [-0.25, -0.2) is 9.38 Å². The number of thioether (sulfide) groups is 1. The molecule has 7 heteroatoms. The highest BCUT2D eigenvalue weighted by atomic mass is 32.2. The highest BCUT2D eigenvalue weighted by molar-refractivity contribution is 8.18. The molecule has 0 saturated carbocycles. The number of hydrogen-bond acceptors (Lipinski definition) is 5. The number of aliphatic imine (C=N–C) groups is 1. The normalized spacial score (nSPS) is 20.8. The number of benzene rings is 1. The zero-order valence-electron chi connectivity index (χ0n) is 14.3. The fourth-order valence-corrected chi connectivity index (χ4v) is 3.90. The second-order valence-corrected chi connectivity index (χ2v) is 7.22. The van der Waals surface area contributed by atoms with Gasteiger partial charge < -0.3 is 9.32 Å². The predicted octanol–water partition coefficient (Wildman–Crippen LogP) is 4.25. The van der Waals surface area contributed by atoms with Crippen molar-refractivity contribution in [3.63, 3.8) is 0 Å². The van der Waals surface area contributed by atoms with Crippen molar-refractivity contribution in [3.8, 4) is 0 Å². The van der Waals surface area contributed by atoms with E-state index in [1.165, 1.54) is 41.6 Å². The summed E-state index contributed by atoms with van der Waals surface area (Å²) in [7, 11) is 1.68. The van der Waals surface area contributed by atoms with Crippen LogP contribution in [-0.4, -0.2) is 36.1 Å². The van der Waals surface area contributed by atoms with Crippen LogP contribution >= 0.6 is 11.8 Å². The molecule has 1 aromatic carbocycles. The van der Waals surface area contributed by atoms with E-state index in [0.29, 0.717) is 21.5 Å². The number of amidine groups is 1. The second kappa shape index (κ2) is 6.99. The number of carbonyl (C=O) groups is 1. The van der Waals surface area contributed by atoms with Crippen molar-refractivity contribution in [2.45, 2.75) is 12.8 Å². The molecule has 0 N–H and O–H groups in total. The third-order valence-electron chi connectivity index (χ3n) is 4.36.